The fourth-order valence-electron chi connectivity index (χ4n) is 3.18. The van der Waals surface area contributed by atoms with Crippen LogP contribution in [0.3, 0.4) is 0 Å². The Morgan fingerprint density at radius 2 is 2.00 bits per heavy atom. The van der Waals surface area contributed by atoms with Gasteiger partial charge < -0.3 is 0 Å². The van der Waals surface area contributed by atoms with Crippen LogP contribution in [0, 0.1) is 5.41 Å². The van der Waals surface area contributed by atoms with Crippen molar-refractivity contribution >= 4 is 0 Å². The summed E-state index contributed by atoms with van der Waals surface area (Å²) in [7, 11) is 0. The Morgan fingerprint density at radius 3 is 2.43 bits per heavy atom. The molecule has 0 N–H and O–H groups in total. The van der Waals surface area contributed by atoms with E-state index in [1.54, 1.807) is 0 Å². The molecule has 1 atom stereocenters. The van der Waals surface area contributed by atoms with Crippen LogP contribution >= 0.6 is 0 Å². The fraction of sp³-hybridized carbons (Fsp3) is 0.818. The smallest absolute Gasteiger partial charge is 0.272 e. The zero-order valence-electron chi connectivity index (χ0n) is 9.03. The van der Waals surface area contributed by atoms with E-state index in [1.807, 2.05) is 0 Å². The highest BCUT2D eigenvalue weighted by Crippen LogP contribution is 2.55. The van der Waals surface area contributed by atoms with Gasteiger partial charge in [-0.15, -0.1) is 0 Å². The van der Waals surface area contributed by atoms with Crippen molar-refractivity contribution in [3.8, 4) is 0 Å². The van der Waals surface area contributed by atoms with Gasteiger partial charge in [0.15, 0.2) is 0 Å². The lowest BCUT2D eigenvalue weighted by Gasteiger charge is -2.57. The third kappa shape index (κ3) is 1.02. The average Bonchev–Trinajstić information content (AvgIpc) is 2.26. The summed E-state index contributed by atoms with van der Waals surface area (Å²) in [6, 6.07) is 0. The summed E-state index contributed by atoms with van der Waals surface area (Å²) in [5, 5.41) is 0. The highest BCUT2D eigenvalue weighted by molar-refractivity contribution is 5.37. The molecular formula is C11H17F2N. The van der Waals surface area contributed by atoms with Crippen molar-refractivity contribution in [2.24, 2.45) is 5.41 Å². The highest BCUT2D eigenvalue weighted by atomic mass is 19.3. The van der Waals surface area contributed by atoms with Gasteiger partial charge >= 0.3 is 0 Å². The minimum atomic E-state index is -1.45. The van der Waals surface area contributed by atoms with Gasteiger partial charge in [-0.2, -0.15) is 8.78 Å². The molecule has 2 fully saturated rings. The van der Waals surface area contributed by atoms with Gasteiger partial charge in [0.2, 0.25) is 0 Å². The first-order valence-electron chi connectivity index (χ1n) is 5.19. The van der Waals surface area contributed by atoms with Gasteiger partial charge in [-0.3, -0.25) is 4.90 Å². The lowest BCUT2D eigenvalue weighted by atomic mass is 9.63. The van der Waals surface area contributed by atoms with E-state index in [2.05, 4.69) is 25.7 Å². The van der Waals surface area contributed by atoms with Crippen LogP contribution in [0.25, 0.3) is 0 Å². The van der Waals surface area contributed by atoms with Gasteiger partial charge in [-0.1, -0.05) is 20.8 Å². The molecule has 1 unspecified atom stereocenters. The molecule has 2 aliphatic rings. The van der Waals surface area contributed by atoms with E-state index in [0.717, 1.165) is 19.4 Å². The average molecular weight is 201 g/mol. The third-order valence-electron chi connectivity index (χ3n) is 3.82. The van der Waals surface area contributed by atoms with E-state index < -0.39 is 6.08 Å². The largest absolute Gasteiger partial charge is 0.289 e. The molecule has 1 nitrogen and oxygen atoms in total. The number of nitrogens with zero attached hydrogens (tertiary/aromatic N) is 1. The Hall–Kier alpha value is -0.440. The Bertz CT molecular complexity index is 286. The van der Waals surface area contributed by atoms with Crippen molar-refractivity contribution in [2.45, 2.75) is 39.2 Å². The minimum Gasteiger partial charge on any atom is -0.289 e. The number of rotatable bonds is 0. The Morgan fingerprint density at radius 1 is 1.36 bits per heavy atom. The van der Waals surface area contributed by atoms with E-state index in [0.29, 0.717) is 12.1 Å². The van der Waals surface area contributed by atoms with Crippen LogP contribution in [0.2, 0.25) is 0 Å². The van der Waals surface area contributed by atoms with E-state index in [4.69, 9.17) is 0 Å². The maximum atomic E-state index is 12.7. The fourth-order valence-corrected chi connectivity index (χ4v) is 3.18. The molecule has 0 aromatic carbocycles. The Kier molecular flexibility index (Phi) is 2.01. The monoisotopic (exact) mass is 201 g/mol. The topological polar surface area (TPSA) is 3.24 Å². The van der Waals surface area contributed by atoms with Crippen LogP contribution < -0.4 is 0 Å². The quantitative estimate of drug-likeness (QED) is 0.582. The molecule has 3 heteroatoms. The van der Waals surface area contributed by atoms with Gasteiger partial charge in [0.1, 0.15) is 0 Å². The van der Waals surface area contributed by atoms with Gasteiger partial charge in [0.05, 0.1) is 5.54 Å². The first kappa shape index (κ1) is 10.1. The van der Waals surface area contributed by atoms with Crippen LogP contribution in [-0.2, 0) is 0 Å². The Labute approximate surface area is 83.8 Å². The molecule has 80 valence electrons. The first-order chi connectivity index (χ1) is 6.39. The lowest BCUT2D eigenvalue weighted by Crippen LogP contribution is -2.65. The summed E-state index contributed by atoms with van der Waals surface area (Å²) >= 11 is 0. The van der Waals surface area contributed by atoms with Crippen molar-refractivity contribution in [1.29, 1.82) is 0 Å². The Balaban J connectivity index is 2.42. The molecule has 0 bridgehead atoms. The molecule has 0 radical (unpaired) electrons. The van der Waals surface area contributed by atoms with E-state index >= 15 is 0 Å². The second-order valence-electron chi connectivity index (χ2n) is 5.37. The predicted molar refractivity (Wildman–Crippen MR) is 52.2 cm³/mol. The van der Waals surface area contributed by atoms with Crippen molar-refractivity contribution in [3.63, 3.8) is 0 Å². The summed E-state index contributed by atoms with van der Waals surface area (Å²) in [6.45, 7) is 7.65. The normalized spacial score (nSPS) is 32.8. The van der Waals surface area contributed by atoms with E-state index in [9.17, 15) is 8.78 Å². The van der Waals surface area contributed by atoms with Gasteiger partial charge in [-0.05, 0) is 24.8 Å². The molecule has 0 amide bonds. The number of hydrogen-bond donors (Lipinski definition) is 0. The maximum absolute atomic E-state index is 12.7. The van der Waals surface area contributed by atoms with Crippen LogP contribution in [-0.4, -0.2) is 23.5 Å². The minimum absolute atomic E-state index is 0.0828. The standard InChI is InChI=1S/C11H17F2N/c1-10(2,3)11-5-4-6-14(11)7-8(11)9(12)13/h4-7H2,1-3H3. The summed E-state index contributed by atoms with van der Waals surface area (Å²) < 4.78 is 25.5. The van der Waals surface area contributed by atoms with Crippen molar-refractivity contribution in [3.05, 3.63) is 11.7 Å². The molecule has 0 aromatic rings. The summed E-state index contributed by atoms with van der Waals surface area (Å²) in [5.74, 6) is 0. The number of halogens is 2. The molecule has 0 saturated carbocycles. The molecular weight excluding hydrogens is 184 g/mol. The highest BCUT2D eigenvalue weighted by Gasteiger charge is 2.60. The third-order valence-corrected chi connectivity index (χ3v) is 3.82. The molecule has 14 heavy (non-hydrogen) atoms. The number of fused-ring (bicyclic) bond motifs is 1. The second kappa shape index (κ2) is 2.78. The SMILES string of the molecule is CC(C)(C)C12CCCN1CC2=C(F)F. The molecule has 0 aliphatic carbocycles. The molecule has 2 rings (SSSR count). The zero-order valence-corrected chi connectivity index (χ0v) is 9.03. The van der Waals surface area contributed by atoms with Crippen LogP contribution in [0.15, 0.2) is 11.7 Å². The van der Waals surface area contributed by atoms with Gasteiger partial charge in [0, 0.05) is 12.1 Å². The first-order valence-corrected chi connectivity index (χ1v) is 5.19. The molecule has 0 spiro atoms. The van der Waals surface area contributed by atoms with Gasteiger partial charge in [-0.25, -0.2) is 0 Å². The molecule has 0 aromatic heterocycles. The summed E-state index contributed by atoms with van der Waals surface area (Å²) in [4.78, 5) is 2.21. The van der Waals surface area contributed by atoms with Crippen molar-refractivity contribution in [1.82, 2.24) is 4.90 Å². The molecule has 2 saturated heterocycles. The molecule has 2 heterocycles. The number of hydrogen-bond acceptors (Lipinski definition) is 1. The van der Waals surface area contributed by atoms with E-state index in [-0.39, 0.29) is 11.0 Å². The van der Waals surface area contributed by atoms with Crippen molar-refractivity contribution < 1.29 is 8.78 Å². The van der Waals surface area contributed by atoms with Crippen molar-refractivity contribution in [2.75, 3.05) is 13.1 Å². The van der Waals surface area contributed by atoms with Crippen LogP contribution in [0.5, 0.6) is 0 Å². The lowest BCUT2D eigenvalue weighted by molar-refractivity contribution is -0.00356. The van der Waals surface area contributed by atoms with E-state index in [1.165, 1.54) is 0 Å². The molecule has 2 aliphatic heterocycles. The van der Waals surface area contributed by atoms with Crippen LogP contribution in [0.1, 0.15) is 33.6 Å². The summed E-state index contributed by atoms with van der Waals surface area (Å²) in [5.41, 5.74) is -0.0192. The van der Waals surface area contributed by atoms with Gasteiger partial charge in [0.25, 0.3) is 6.08 Å². The van der Waals surface area contributed by atoms with Crippen LogP contribution in [0.4, 0.5) is 8.78 Å². The zero-order chi connectivity index (χ0) is 10.6. The maximum Gasteiger partial charge on any atom is 0.272 e. The predicted octanol–water partition coefficient (Wildman–Crippen LogP) is 3.03. The summed E-state index contributed by atoms with van der Waals surface area (Å²) in [6.07, 6.45) is 0.495. The second-order valence-corrected chi connectivity index (χ2v) is 5.37.